The third kappa shape index (κ3) is 4.37. The highest BCUT2D eigenvalue weighted by atomic mass is 32.2. The number of benzene rings is 3. The second kappa shape index (κ2) is 9.57. The minimum absolute atomic E-state index is 0.0841. The SMILES string of the molecule is N#C/C(=C(/O)CSc1nnc(-c2ccccc2)c(-c2ccccc2)n1)c1nc2ccccc2[nH]1. The summed E-state index contributed by atoms with van der Waals surface area (Å²) in [5.41, 5.74) is 4.81. The molecule has 5 aromatic rings. The molecule has 5 rings (SSSR count). The highest BCUT2D eigenvalue weighted by Crippen LogP contribution is 2.30. The van der Waals surface area contributed by atoms with Crippen LogP contribution in [0, 0.1) is 11.3 Å². The second-order valence-corrected chi connectivity index (χ2v) is 8.29. The van der Waals surface area contributed by atoms with Crippen molar-refractivity contribution in [2.75, 3.05) is 5.75 Å². The van der Waals surface area contributed by atoms with Crippen LogP contribution in [0.4, 0.5) is 0 Å². The van der Waals surface area contributed by atoms with Crippen LogP contribution in [0.25, 0.3) is 39.1 Å². The number of aliphatic hydroxyl groups is 1. The molecule has 34 heavy (non-hydrogen) atoms. The quantitative estimate of drug-likeness (QED) is 0.190. The van der Waals surface area contributed by atoms with Crippen LogP contribution >= 0.6 is 11.8 Å². The van der Waals surface area contributed by atoms with Crippen molar-refractivity contribution < 1.29 is 5.11 Å². The zero-order valence-electron chi connectivity index (χ0n) is 17.9. The minimum atomic E-state index is -0.108. The molecule has 0 spiro atoms. The van der Waals surface area contributed by atoms with Gasteiger partial charge >= 0.3 is 0 Å². The first-order valence-corrected chi connectivity index (χ1v) is 11.5. The summed E-state index contributed by atoms with van der Waals surface area (Å²) in [6, 6.07) is 29.0. The van der Waals surface area contributed by atoms with E-state index in [1.54, 1.807) is 0 Å². The molecule has 7 nitrogen and oxygen atoms in total. The second-order valence-electron chi connectivity index (χ2n) is 7.35. The number of allylic oxidation sites excluding steroid dienone is 1. The molecule has 0 aliphatic carbocycles. The predicted octanol–water partition coefficient (Wildman–Crippen LogP) is 5.67. The minimum Gasteiger partial charge on any atom is -0.510 e. The number of fused-ring (bicyclic) bond motifs is 1. The summed E-state index contributed by atoms with van der Waals surface area (Å²) in [6.45, 7) is 0. The third-order valence-electron chi connectivity index (χ3n) is 5.13. The molecule has 0 amide bonds. The lowest BCUT2D eigenvalue weighted by molar-refractivity contribution is 0.420. The topological polar surface area (TPSA) is 111 Å². The average Bonchev–Trinajstić information content (AvgIpc) is 3.32. The average molecular weight is 463 g/mol. The highest BCUT2D eigenvalue weighted by Gasteiger charge is 2.16. The Balaban J connectivity index is 1.46. The third-order valence-corrected chi connectivity index (χ3v) is 5.98. The van der Waals surface area contributed by atoms with Gasteiger partial charge in [0.15, 0.2) is 5.82 Å². The summed E-state index contributed by atoms with van der Waals surface area (Å²) < 4.78 is 0. The number of imidazole rings is 1. The molecular formula is C26H18N6OS. The molecule has 0 bridgehead atoms. The lowest BCUT2D eigenvalue weighted by Gasteiger charge is -2.09. The van der Waals surface area contributed by atoms with Gasteiger partial charge in [-0.15, -0.1) is 10.2 Å². The lowest BCUT2D eigenvalue weighted by Crippen LogP contribution is -2.01. The first-order chi connectivity index (χ1) is 16.7. The van der Waals surface area contributed by atoms with Gasteiger partial charge in [0.05, 0.1) is 16.8 Å². The Hall–Kier alpha value is -4.48. The van der Waals surface area contributed by atoms with Crippen molar-refractivity contribution in [3.8, 4) is 28.6 Å². The molecule has 0 saturated carbocycles. The van der Waals surface area contributed by atoms with Gasteiger partial charge in [0.1, 0.15) is 28.8 Å². The van der Waals surface area contributed by atoms with Crippen LogP contribution in [0.1, 0.15) is 5.82 Å². The van der Waals surface area contributed by atoms with Crippen molar-refractivity contribution in [3.05, 3.63) is 96.5 Å². The number of para-hydroxylation sites is 2. The fourth-order valence-corrected chi connectivity index (χ4v) is 4.15. The summed E-state index contributed by atoms with van der Waals surface area (Å²) in [5, 5.41) is 29.4. The number of H-pyrrole nitrogens is 1. The maximum absolute atomic E-state index is 10.7. The van der Waals surface area contributed by atoms with E-state index < -0.39 is 0 Å². The summed E-state index contributed by atoms with van der Waals surface area (Å²) in [4.78, 5) is 12.2. The number of aliphatic hydroxyl groups excluding tert-OH is 1. The number of aromatic amines is 1. The number of nitrogens with zero attached hydrogens (tertiary/aromatic N) is 5. The van der Waals surface area contributed by atoms with Crippen LogP contribution in [-0.2, 0) is 0 Å². The van der Waals surface area contributed by atoms with E-state index in [-0.39, 0.29) is 17.1 Å². The summed E-state index contributed by atoms with van der Waals surface area (Å²) >= 11 is 1.20. The molecular weight excluding hydrogens is 444 g/mol. The van der Waals surface area contributed by atoms with Crippen molar-refractivity contribution in [1.82, 2.24) is 25.1 Å². The van der Waals surface area contributed by atoms with Gasteiger partial charge in [0.2, 0.25) is 5.16 Å². The van der Waals surface area contributed by atoms with E-state index >= 15 is 0 Å². The molecule has 0 aliphatic rings. The Morgan fingerprint density at radius 3 is 2.15 bits per heavy atom. The van der Waals surface area contributed by atoms with Crippen molar-refractivity contribution >= 4 is 28.4 Å². The number of aromatic nitrogens is 5. The number of thioether (sulfide) groups is 1. The van der Waals surface area contributed by atoms with E-state index in [1.165, 1.54) is 11.8 Å². The van der Waals surface area contributed by atoms with E-state index in [0.29, 0.717) is 22.4 Å². The molecule has 0 unspecified atom stereocenters. The zero-order valence-corrected chi connectivity index (χ0v) is 18.7. The van der Waals surface area contributed by atoms with Crippen LogP contribution in [0.5, 0.6) is 0 Å². The standard InChI is InChI=1S/C26H18N6OS/c27-15-19(25-28-20-13-7-8-14-21(20)29-25)22(33)16-34-26-30-23(17-9-3-1-4-10-17)24(31-32-26)18-11-5-2-6-12-18/h1-14,33H,16H2,(H,28,29)/b22-19-. The molecule has 0 saturated heterocycles. The highest BCUT2D eigenvalue weighted by molar-refractivity contribution is 7.99. The van der Waals surface area contributed by atoms with Gasteiger partial charge in [-0.2, -0.15) is 5.26 Å². The van der Waals surface area contributed by atoms with Crippen LogP contribution in [0.3, 0.4) is 0 Å². The normalized spacial score (nSPS) is 11.7. The van der Waals surface area contributed by atoms with Crippen molar-refractivity contribution in [3.63, 3.8) is 0 Å². The van der Waals surface area contributed by atoms with E-state index in [9.17, 15) is 10.4 Å². The molecule has 0 atom stereocenters. The summed E-state index contributed by atoms with van der Waals surface area (Å²) in [5.74, 6) is 0.314. The van der Waals surface area contributed by atoms with Crippen LogP contribution in [-0.4, -0.2) is 36.0 Å². The molecule has 0 aliphatic heterocycles. The van der Waals surface area contributed by atoms with Gasteiger partial charge in [0, 0.05) is 11.1 Å². The van der Waals surface area contributed by atoms with Gasteiger partial charge in [-0.05, 0) is 12.1 Å². The number of hydrogen-bond acceptors (Lipinski definition) is 7. The maximum atomic E-state index is 10.7. The molecule has 8 heteroatoms. The first kappa shape index (κ1) is 21.4. The smallest absolute Gasteiger partial charge is 0.210 e. The molecule has 0 radical (unpaired) electrons. The van der Waals surface area contributed by atoms with Gasteiger partial charge in [-0.25, -0.2) is 9.97 Å². The Morgan fingerprint density at radius 2 is 1.47 bits per heavy atom. The van der Waals surface area contributed by atoms with E-state index in [1.807, 2.05) is 91.0 Å². The fraction of sp³-hybridized carbons (Fsp3) is 0.0385. The summed E-state index contributed by atoms with van der Waals surface area (Å²) in [6.07, 6.45) is 0. The van der Waals surface area contributed by atoms with Crippen molar-refractivity contribution in [1.29, 1.82) is 5.26 Å². The monoisotopic (exact) mass is 462 g/mol. The fourth-order valence-electron chi connectivity index (χ4n) is 3.49. The Morgan fingerprint density at radius 1 is 0.824 bits per heavy atom. The molecule has 2 N–H and O–H groups in total. The Kier molecular flexibility index (Phi) is 6.01. The zero-order chi connectivity index (χ0) is 23.3. The van der Waals surface area contributed by atoms with Crippen LogP contribution in [0.15, 0.2) is 95.8 Å². The van der Waals surface area contributed by atoms with Crippen LogP contribution in [0.2, 0.25) is 0 Å². The van der Waals surface area contributed by atoms with Crippen molar-refractivity contribution in [2.24, 2.45) is 0 Å². The Labute approximate surface area is 199 Å². The molecule has 0 fully saturated rings. The molecule has 164 valence electrons. The van der Waals surface area contributed by atoms with Crippen LogP contribution < -0.4 is 0 Å². The first-order valence-electron chi connectivity index (χ1n) is 10.5. The number of nitriles is 1. The number of rotatable bonds is 6. The predicted molar refractivity (Wildman–Crippen MR) is 133 cm³/mol. The van der Waals surface area contributed by atoms with Gasteiger partial charge in [-0.3, -0.25) is 0 Å². The van der Waals surface area contributed by atoms with Gasteiger partial charge < -0.3 is 10.1 Å². The van der Waals surface area contributed by atoms with E-state index in [0.717, 1.165) is 22.2 Å². The van der Waals surface area contributed by atoms with Crippen molar-refractivity contribution in [2.45, 2.75) is 5.16 Å². The van der Waals surface area contributed by atoms with E-state index in [4.69, 9.17) is 4.98 Å². The number of nitrogens with one attached hydrogen (secondary N) is 1. The Bertz CT molecular complexity index is 1490. The van der Waals surface area contributed by atoms with Gasteiger partial charge in [-0.1, -0.05) is 84.6 Å². The van der Waals surface area contributed by atoms with Gasteiger partial charge in [0.25, 0.3) is 0 Å². The molecule has 3 aromatic carbocycles. The summed E-state index contributed by atoms with van der Waals surface area (Å²) in [7, 11) is 0. The lowest BCUT2D eigenvalue weighted by atomic mass is 10.0. The largest absolute Gasteiger partial charge is 0.510 e. The maximum Gasteiger partial charge on any atom is 0.210 e. The molecule has 2 aromatic heterocycles. The molecule has 2 heterocycles. The number of hydrogen-bond donors (Lipinski definition) is 2. The van der Waals surface area contributed by atoms with E-state index in [2.05, 4.69) is 20.2 Å².